The van der Waals surface area contributed by atoms with Gasteiger partial charge in [0.2, 0.25) is 0 Å². The highest BCUT2D eigenvalue weighted by Crippen LogP contribution is 2.21. The molecule has 0 amide bonds. The number of aromatic nitrogens is 3. The Morgan fingerprint density at radius 3 is 2.88 bits per heavy atom. The number of hydrogen-bond acceptors (Lipinski definition) is 4. The van der Waals surface area contributed by atoms with Crippen LogP contribution in [0.25, 0.3) is 0 Å². The van der Waals surface area contributed by atoms with Gasteiger partial charge in [-0.3, -0.25) is 4.99 Å². The molecule has 8 heteroatoms. The van der Waals surface area contributed by atoms with E-state index in [0.717, 1.165) is 24.4 Å². The molecule has 1 heterocycles. The first kappa shape index (κ1) is 18.7. The van der Waals surface area contributed by atoms with Crippen molar-refractivity contribution < 1.29 is 9.13 Å². The number of rotatable bonds is 7. The van der Waals surface area contributed by atoms with Gasteiger partial charge in [-0.2, -0.15) is 0 Å². The Morgan fingerprint density at radius 2 is 2.24 bits per heavy atom. The van der Waals surface area contributed by atoms with Gasteiger partial charge in [0, 0.05) is 26.6 Å². The van der Waals surface area contributed by atoms with Gasteiger partial charge in [-0.1, -0.05) is 13.0 Å². The lowest BCUT2D eigenvalue weighted by Crippen LogP contribution is -2.40. The third kappa shape index (κ3) is 4.91. The lowest BCUT2D eigenvalue weighted by Gasteiger charge is -2.19. The van der Waals surface area contributed by atoms with Crippen molar-refractivity contribution in [1.82, 2.24) is 25.4 Å². The number of hydrogen-bond donors (Lipinski definition) is 2. The minimum Gasteiger partial charge on any atom is -0.494 e. The van der Waals surface area contributed by atoms with Crippen molar-refractivity contribution in [2.45, 2.75) is 32.9 Å². The molecule has 0 bridgehead atoms. The van der Waals surface area contributed by atoms with Crippen molar-refractivity contribution in [3.8, 4) is 5.75 Å². The van der Waals surface area contributed by atoms with E-state index in [0.29, 0.717) is 12.5 Å². The van der Waals surface area contributed by atoms with Gasteiger partial charge in [-0.05, 0) is 24.6 Å². The van der Waals surface area contributed by atoms with E-state index >= 15 is 0 Å². The number of methoxy groups -OCH3 is 1. The molecule has 2 rings (SSSR count). The van der Waals surface area contributed by atoms with Crippen molar-refractivity contribution in [3.05, 3.63) is 41.7 Å². The van der Waals surface area contributed by atoms with Crippen LogP contribution >= 0.6 is 0 Å². The Kier molecular flexibility index (Phi) is 6.73. The summed E-state index contributed by atoms with van der Waals surface area (Å²) in [4.78, 5) is 4.21. The number of guanidine groups is 1. The van der Waals surface area contributed by atoms with Crippen molar-refractivity contribution in [2.75, 3.05) is 20.7 Å². The van der Waals surface area contributed by atoms with Crippen LogP contribution in [-0.4, -0.2) is 41.4 Å². The zero-order valence-corrected chi connectivity index (χ0v) is 15.1. The van der Waals surface area contributed by atoms with Crippen LogP contribution < -0.4 is 15.4 Å². The fourth-order valence-electron chi connectivity index (χ4n) is 2.47. The highest BCUT2D eigenvalue weighted by molar-refractivity contribution is 5.80. The summed E-state index contributed by atoms with van der Waals surface area (Å²) in [5, 5.41) is 14.5. The van der Waals surface area contributed by atoms with Gasteiger partial charge in [0.25, 0.3) is 0 Å². The van der Waals surface area contributed by atoms with Crippen molar-refractivity contribution in [2.24, 2.45) is 4.99 Å². The van der Waals surface area contributed by atoms with Gasteiger partial charge in [0.1, 0.15) is 12.2 Å². The van der Waals surface area contributed by atoms with Crippen molar-refractivity contribution in [3.63, 3.8) is 0 Å². The predicted molar refractivity (Wildman–Crippen MR) is 95.3 cm³/mol. The molecule has 25 heavy (non-hydrogen) atoms. The lowest BCUT2D eigenvalue weighted by molar-refractivity contribution is 0.386. The van der Waals surface area contributed by atoms with Crippen LogP contribution in [0.15, 0.2) is 29.5 Å². The lowest BCUT2D eigenvalue weighted by atomic mass is 10.1. The maximum absolute atomic E-state index is 13.8. The molecule has 0 aliphatic carbocycles. The highest BCUT2D eigenvalue weighted by Gasteiger charge is 2.11. The molecule has 1 aromatic carbocycles. The summed E-state index contributed by atoms with van der Waals surface area (Å²) in [6, 6.07) is 4.82. The second-order valence-electron chi connectivity index (χ2n) is 5.55. The molecule has 2 N–H and O–H groups in total. The second-order valence-corrected chi connectivity index (χ2v) is 5.55. The number of benzene rings is 1. The van der Waals surface area contributed by atoms with E-state index in [9.17, 15) is 4.39 Å². The maximum atomic E-state index is 13.8. The third-order valence-electron chi connectivity index (χ3n) is 3.91. The van der Waals surface area contributed by atoms with E-state index in [1.165, 1.54) is 13.2 Å². The summed E-state index contributed by atoms with van der Waals surface area (Å²) in [7, 11) is 3.15. The Hall–Kier alpha value is -2.64. The molecular weight excluding hydrogens is 323 g/mol. The van der Waals surface area contributed by atoms with E-state index in [1.807, 2.05) is 24.5 Å². The van der Waals surface area contributed by atoms with Crippen molar-refractivity contribution >= 4 is 5.96 Å². The van der Waals surface area contributed by atoms with Gasteiger partial charge in [0.15, 0.2) is 17.5 Å². The fraction of sp³-hybridized carbons (Fsp3) is 0.471. The van der Waals surface area contributed by atoms with Gasteiger partial charge in [0.05, 0.1) is 13.2 Å². The molecule has 0 saturated heterocycles. The van der Waals surface area contributed by atoms with Gasteiger partial charge >= 0.3 is 0 Å². The molecule has 7 nitrogen and oxygen atoms in total. The Bertz CT molecular complexity index is 715. The van der Waals surface area contributed by atoms with E-state index < -0.39 is 0 Å². The van der Waals surface area contributed by atoms with Gasteiger partial charge in [-0.25, -0.2) is 4.39 Å². The quantitative estimate of drug-likeness (QED) is 0.590. The first-order chi connectivity index (χ1) is 12.1. The average molecular weight is 348 g/mol. The molecule has 136 valence electrons. The standard InChI is InChI=1S/C17H25FN6O/c1-5-16-23-21-11-24(16)9-8-20-17(19-3)22-12(2)13-6-7-15(25-4)14(18)10-13/h6-7,10-12H,5,8-9H2,1-4H3,(H2,19,20,22). The zero-order chi connectivity index (χ0) is 18.2. The number of aryl methyl sites for hydroxylation is 1. The molecule has 0 fully saturated rings. The summed E-state index contributed by atoms with van der Waals surface area (Å²) in [6.45, 7) is 5.41. The van der Waals surface area contributed by atoms with E-state index in [-0.39, 0.29) is 17.6 Å². The summed E-state index contributed by atoms with van der Waals surface area (Å²) in [5.74, 6) is 1.46. The zero-order valence-electron chi connectivity index (χ0n) is 15.1. The van der Waals surface area contributed by atoms with Crippen molar-refractivity contribution in [1.29, 1.82) is 0 Å². The highest BCUT2D eigenvalue weighted by atomic mass is 19.1. The van der Waals surface area contributed by atoms with Crippen LogP contribution in [0.4, 0.5) is 4.39 Å². The number of ether oxygens (including phenoxy) is 1. The van der Waals surface area contributed by atoms with Gasteiger partial charge in [-0.15, -0.1) is 10.2 Å². The number of nitrogens with zero attached hydrogens (tertiary/aromatic N) is 4. The van der Waals surface area contributed by atoms with E-state index in [1.54, 1.807) is 19.4 Å². The van der Waals surface area contributed by atoms with Crippen LogP contribution in [0, 0.1) is 5.82 Å². The predicted octanol–water partition coefficient (Wildman–Crippen LogP) is 1.91. The number of aliphatic imine (C=N–C) groups is 1. The van der Waals surface area contributed by atoms with Crippen LogP contribution in [0.2, 0.25) is 0 Å². The molecule has 1 atom stereocenters. The fourth-order valence-corrected chi connectivity index (χ4v) is 2.47. The van der Waals surface area contributed by atoms with E-state index in [4.69, 9.17) is 4.74 Å². The summed E-state index contributed by atoms with van der Waals surface area (Å²) < 4.78 is 20.8. The molecule has 0 spiro atoms. The first-order valence-corrected chi connectivity index (χ1v) is 8.26. The van der Waals surface area contributed by atoms with Crippen LogP contribution in [-0.2, 0) is 13.0 Å². The Morgan fingerprint density at radius 1 is 1.44 bits per heavy atom. The monoisotopic (exact) mass is 348 g/mol. The maximum Gasteiger partial charge on any atom is 0.191 e. The normalized spacial score (nSPS) is 12.8. The minimum atomic E-state index is -0.378. The summed E-state index contributed by atoms with van der Waals surface area (Å²) in [5.41, 5.74) is 0.813. The summed E-state index contributed by atoms with van der Waals surface area (Å²) >= 11 is 0. The Labute approximate surface area is 147 Å². The molecule has 1 unspecified atom stereocenters. The van der Waals surface area contributed by atoms with Crippen LogP contribution in [0.3, 0.4) is 0 Å². The van der Waals surface area contributed by atoms with E-state index in [2.05, 4.69) is 25.8 Å². The minimum absolute atomic E-state index is 0.104. The topological polar surface area (TPSA) is 76.4 Å². The molecule has 1 aromatic heterocycles. The molecular formula is C17H25FN6O. The van der Waals surface area contributed by atoms with Crippen LogP contribution in [0.1, 0.15) is 31.3 Å². The Balaban J connectivity index is 1.89. The van der Waals surface area contributed by atoms with Gasteiger partial charge < -0.3 is 19.9 Å². The molecule has 0 saturated carbocycles. The first-order valence-electron chi connectivity index (χ1n) is 8.26. The largest absolute Gasteiger partial charge is 0.494 e. The number of nitrogens with one attached hydrogen (secondary N) is 2. The molecule has 0 aliphatic rings. The SMILES string of the molecule is CCc1nncn1CCNC(=NC)NC(C)c1ccc(OC)c(F)c1. The number of halogens is 1. The third-order valence-corrected chi connectivity index (χ3v) is 3.91. The smallest absolute Gasteiger partial charge is 0.191 e. The molecule has 2 aromatic rings. The molecule has 0 aliphatic heterocycles. The van der Waals surface area contributed by atoms with Crippen LogP contribution in [0.5, 0.6) is 5.75 Å². The average Bonchev–Trinajstić information content (AvgIpc) is 3.08. The summed E-state index contributed by atoms with van der Waals surface area (Å²) in [6.07, 6.45) is 2.56. The molecule has 0 radical (unpaired) electrons. The second kappa shape index (κ2) is 9.00.